The van der Waals surface area contributed by atoms with E-state index in [4.69, 9.17) is 11.1 Å². The molecule has 105 heavy (non-hydrogen) atoms. The molecule has 5 N–H and O–H groups in total. The van der Waals surface area contributed by atoms with E-state index >= 15 is 0 Å². The lowest BCUT2D eigenvalue weighted by Gasteiger charge is -2.21. The minimum atomic E-state index is 0.305. The predicted octanol–water partition coefficient (Wildman–Crippen LogP) is 33.3. The zero-order chi connectivity index (χ0) is 84.9. The molecule has 0 aromatic rings. The number of rotatable bonds is 32. The van der Waals surface area contributed by atoms with Crippen molar-refractivity contribution in [3.8, 4) is 0 Å². The van der Waals surface area contributed by atoms with E-state index in [2.05, 4.69) is 372 Å². The number of nitrogens with zero attached hydrogens (tertiary/aromatic N) is 1. The van der Waals surface area contributed by atoms with Gasteiger partial charge in [-0.1, -0.05) is 398 Å². The Hall–Kier alpha value is -2.31. The van der Waals surface area contributed by atoms with Crippen LogP contribution >= 0.6 is 0 Å². The summed E-state index contributed by atoms with van der Waals surface area (Å²) in [4.78, 5) is 2.20. The molecule has 0 aliphatic carbocycles. The van der Waals surface area contributed by atoms with Gasteiger partial charge < -0.3 is 26.7 Å². The third-order valence-corrected chi connectivity index (χ3v) is 14.9. The van der Waals surface area contributed by atoms with Gasteiger partial charge in [-0.15, -0.1) is 6.58 Å². The Labute approximate surface area is 670 Å². The molecule has 1 atom stereocenters. The minimum absolute atomic E-state index is 0.305. The summed E-state index contributed by atoms with van der Waals surface area (Å²) >= 11 is 0. The van der Waals surface area contributed by atoms with Crippen molar-refractivity contribution in [2.45, 2.75) is 449 Å². The van der Waals surface area contributed by atoms with E-state index in [1.54, 1.807) is 0 Å². The molecule has 0 aliphatic rings. The molecule has 0 bridgehead atoms. The zero-order valence-corrected chi connectivity index (χ0v) is 81.5. The fourth-order valence-corrected chi connectivity index (χ4v) is 8.83. The highest BCUT2D eigenvalue weighted by molar-refractivity contribution is 5.78. The van der Waals surface area contributed by atoms with Gasteiger partial charge in [0.2, 0.25) is 0 Å². The third kappa shape index (κ3) is 191. The molecule has 0 aliphatic heterocycles. The normalized spacial score (nSPS) is 12.9. The summed E-state index contributed by atoms with van der Waals surface area (Å²) < 4.78 is 0. The van der Waals surface area contributed by atoms with Gasteiger partial charge in [-0.3, -0.25) is 0 Å². The molecule has 5 nitrogen and oxygen atoms in total. The summed E-state index contributed by atoms with van der Waals surface area (Å²) in [5, 5.41) is 13.4. The lowest BCUT2D eigenvalue weighted by Crippen LogP contribution is -2.14. The quantitative estimate of drug-likeness (QED) is 0.0308. The van der Waals surface area contributed by atoms with Gasteiger partial charge in [-0.05, 0) is 224 Å². The highest BCUT2D eigenvalue weighted by Gasteiger charge is 2.14. The van der Waals surface area contributed by atoms with Crippen molar-refractivity contribution in [3.05, 3.63) is 85.1 Å². The average molecular weight is 1480 g/mol. The molecule has 0 fully saturated rings. The first-order chi connectivity index (χ1) is 47.2. The van der Waals surface area contributed by atoms with Gasteiger partial charge in [0.25, 0.3) is 0 Å². The van der Waals surface area contributed by atoms with E-state index in [1.807, 2.05) is 21.0 Å². The first-order valence-electron chi connectivity index (χ1n) is 43.1. The maximum absolute atomic E-state index is 7.23. The predicted molar refractivity (Wildman–Crippen MR) is 499 cm³/mol. The Morgan fingerprint density at radius 1 is 0.352 bits per heavy atom. The first kappa shape index (κ1) is 124. The second-order valence-electron chi connectivity index (χ2n) is 43.4. The molecule has 0 rings (SSSR count). The SMILES string of the molecule is C=C(C)CCC/C=C/C(C)(C)C.CC(=N)CCC/C=C/C(C)(C)C.CC(C)(C)CCCCC(C)(C)C.CC(N)CCCCC(C)(C)C.CCC/C=C/C(C)(C)C.CCCCCC(C)(C)C.CCCCCC(C)(C)C.CN(C)CC/C=C/C(C)(C)C.CNCC/C=C/C(C)(C)C.CNCC/C=C/C(C)(C)C. The van der Waals surface area contributed by atoms with Crippen LogP contribution in [0, 0.1) is 65.0 Å². The van der Waals surface area contributed by atoms with Crippen LogP contribution < -0.4 is 16.4 Å². The number of nitrogens with one attached hydrogen (secondary N) is 3. The van der Waals surface area contributed by atoms with Crippen molar-refractivity contribution < 1.29 is 0 Å². The molecule has 1 unspecified atom stereocenters. The van der Waals surface area contributed by atoms with Crippen LogP contribution in [0.4, 0.5) is 0 Å². The molecule has 0 heterocycles. The maximum Gasteiger partial charge on any atom is 0.00583 e. The molecule has 0 saturated heterocycles. The lowest BCUT2D eigenvalue weighted by atomic mass is 9.85. The van der Waals surface area contributed by atoms with Crippen molar-refractivity contribution in [1.29, 1.82) is 5.41 Å². The van der Waals surface area contributed by atoms with Crippen molar-refractivity contribution in [3.63, 3.8) is 0 Å². The Balaban J connectivity index is -0.000000120. The van der Waals surface area contributed by atoms with Crippen LogP contribution in [0.3, 0.4) is 0 Å². The van der Waals surface area contributed by atoms with E-state index in [9.17, 15) is 0 Å². The molecular weight excluding hydrogens is 1270 g/mol. The Morgan fingerprint density at radius 3 is 0.800 bits per heavy atom. The fourth-order valence-electron chi connectivity index (χ4n) is 8.83. The number of allylic oxidation sites excluding steroid dienone is 10. The van der Waals surface area contributed by atoms with Gasteiger partial charge in [-0.2, -0.15) is 0 Å². The summed E-state index contributed by atoms with van der Waals surface area (Å²) in [5.41, 5.74) is 12.4. The van der Waals surface area contributed by atoms with Crippen molar-refractivity contribution in [2.24, 2.45) is 65.3 Å². The highest BCUT2D eigenvalue weighted by atomic mass is 15.0. The van der Waals surface area contributed by atoms with Crippen LogP contribution in [0.2, 0.25) is 0 Å². The molecule has 0 amide bonds. The van der Waals surface area contributed by atoms with Crippen LogP contribution in [0.1, 0.15) is 443 Å². The lowest BCUT2D eigenvalue weighted by molar-refractivity contribution is 0.318. The largest absolute Gasteiger partial charge is 0.328 e. The third-order valence-electron chi connectivity index (χ3n) is 14.9. The molecular formula is C100H209N5. The van der Waals surface area contributed by atoms with Gasteiger partial charge in [0.05, 0.1) is 0 Å². The summed E-state index contributed by atoms with van der Waals surface area (Å²) in [6, 6.07) is 0.384. The van der Waals surface area contributed by atoms with Crippen molar-refractivity contribution in [1.82, 2.24) is 15.5 Å². The van der Waals surface area contributed by atoms with Crippen LogP contribution in [0.5, 0.6) is 0 Å². The standard InChI is InChI=1S/C12H26.C12H22.C11H21N.C10H21N.C10H23N.2C9H19N.2C9H20.C9H18/c1-11(2,3)9-7-8-10-12(4,5)6;1-11(2)9-7-6-8-10-12(3,4)5;1-10(12)8-6-5-7-9-11(2,3)4;1-10(2,3)8-6-7-9-11(4)5;1-9(11)7-5-6-8-10(2,3)4;2*1-9(2,3)7-5-6-8-10-4;3*1-5-6-7-8-9(2,3)4/h7-10H2,1-6H3;8,10H,1,6-7,9H2,2-5H3;7,9,12H,5-6,8H2,1-4H3;6,8H,7,9H2,1-5H3;9H,5-8,11H2,1-4H3;2*5,7,10H,6,8H2,1-4H3;2*5-8H2,1-4H3;7-8H,5-6H2,1-4H3/b;10-8+;9-7+,12-10?;8-6+;;2*7-5+;;;8-7+. The van der Waals surface area contributed by atoms with Gasteiger partial charge in [0, 0.05) is 18.3 Å². The average Bonchev–Trinajstić information content (AvgIpc) is 1.04. The van der Waals surface area contributed by atoms with Gasteiger partial charge >= 0.3 is 0 Å². The van der Waals surface area contributed by atoms with Gasteiger partial charge in [-0.25, -0.2) is 0 Å². The molecule has 0 aromatic carbocycles. The maximum atomic E-state index is 7.23. The Morgan fingerprint density at radius 2 is 0.590 bits per heavy atom. The number of hydrogen-bond acceptors (Lipinski definition) is 5. The van der Waals surface area contributed by atoms with E-state index in [-0.39, 0.29) is 0 Å². The van der Waals surface area contributed by atoms with Crippen LogP contribution in [0.25, 0.3) is 0 Å². The van der Waals surface area contributed by atoms with Crippen LogP contribution in [-0.4, -0.2) is 64.5 Å². The summed E-state index contributed by atoms with van der Waals surface area (Å²) in [7, 11) is 8.16. The van der Waals surface area contributed by atoms with Gasteiger partial charge in [0.1, 0.15) is 0 Å². The fraction of sp³-hybridized carbons (Fsp3) is 0.850. The molecule has 634 valence electrons. The number of unbranched alkanes of at least 4 members (excludes halogenated alkanes) is 9. The Kier molecular flexibility index (Phi) is 84.7. The smallest absolute Gasteiger partial charge is 0.00583 e. The molecule has 0 radical (unpaired) electrons. The van der Waals surface area contributed by atoms with E-state index < -0.39 is 0 Å². The monoisotopic (exact) mass is 1480 g/mol. The van der Waals surface area contributed by atoms with Crippen molar-refractivity contribution >= 4 is 5.71 Å². The zero-order valence-electron chi connectivity index (χ0n) is 81.5. The van der Waals surface area contributed by atoms with E-state index in [0.717, 1.165) is 70.3 Å². The molecule has 5 heteroatoms. The second-order valence-corrected chi connectivity index (χ2v) is 43.4. The molecule has 0 spiro atoms. The van der Waals surface area contributed by atoms with Gasteiger partial charge in [0.15, 0.2) is 0 Å². The van der Waals surface area contributed by atoms with Crippen molar-refractivity contribution in [2.75, 3.05) is 47.8 Å². The molecule has 0 saturated carbocycles. The Bertz CT molecular complexity index is 1880. The topological polar surface area (TPSA) is 77.2 Å². The first-order valence-corrected chi connectivity index (χ1v) is 43.1. The summed E-state index contributed by atoms with van der Waals surface area (Å²) in [5.74, 6) is 0. The second kappa shape index (κ2) is 72.0. The summed E-state index contributed by atoms with van der Waals surface area (Å²) in [6.07, 6.45) is 61.4. The molecule has 0 aromatic heterocycles. The van der Waals surface area contributed by atoms with Crippen LogP contribution in [0.15, 0.2) is 85.1 Å². The summed E-state index contributed by atoms with van der Waals surface area (Å²) in [6.45, 7) is 94.5. The van der Waals surface area contributed by atoms with E-state index in [0.29, 0.717) is 65.6 Å². The highest BCUT2D eigenvalue weighted by Crippen LogP contribution is 2.28. The number of nitrogens with two attached hydrogens (primary N) is 1. The van der Waals surface area contributed by atoms with E-state index in [1.165, 1.54) is 134 Å². The minimum Gasteiger partial charge on any atom is -0.328 e. The number of hydrogen-bond donors (Lipinski definition) is 4. The van der Waals surface area contributed by atoms with Crippen LogP contribution in [-0.2, 0) is 0 Å².